The Hall–Kier alpha value is -2.17. The van der Waals surface area contributed by atoms with E-state index in [9.17, 15) is 9.59 Å². The second-order valence-electron chi connectivity index (χ2n) is 5.33. The number of aromatic amines is 1. The van der Waals surface area contributed by atoms with Gasteiger partial charge in [-0.05, 0) is 39.8 Å². The molecule has 0 fully saturated rings. The molecule has 0 saturated heterocycles. The predicted octanol–water partition coefficient (Wildman–Crippen LogP) is 2.39. The number of pyridine rings is 1. The van der Waals surface area contributed by atoms with Gasteiger partial charge in [-0.1, -0.05) is 0 Å². The van der Waals surface area contributed by atoms with Gasteiger partial charge < -0.3 is 9.88 Å². The van der Waals surface area contributed by atoms with Gasteiger partial charge in [0.05, 0.1) is 5.56 Å². The van der Waals surface area contributed by atoms with Crippen LogP contribution in [-0.4, -0.2) is 38.6 Å². The zero-order valence-electron chi connectivity index (χ0n) is 12.2. The number of carbonyl (C=O) groups excluding carboxylic acids is 2. The molecule has 2 heterocycles. The number of rotatable bonds is 4. The first-order valence-corrected chi connectivity index (χ1v) is 6.72. The van der Waals surface area contributed by atoms with Crippen LogP contribution in [0.1, 0.15) is 38.1 Å². The van der Waals surface area contributed by atoms with Crippen LogP contribution in [0.25, 0.3) is 11.0 Å². The molecule has 20 heavy (non-hydrogen) atoms. The minimum Gasteiger partial charge on any atom is -0.345 e. The molecule has 0 saturated carbocycles. The Bertz CT molecular complexity index is 635. The highest BCUT2D eigenvalue weighted by Crippen LogP contribution is 2.18. The third kappa shape index (κ3) is 2.43. The minimum absolute atomic E-state index is 0.0187. The zero-order valence-corrected chi connectivity index (χ0v) is 12.2. The second-order valence-corrected chi connectivity index (χ2v) is 5.33. The summed E-state index contributed by atoms with van der Waals surface area (Å²) in [7, 11) is 0. The maximum Gasteiger partial charge on any atom is 0.295 e. The summed E-state index contributed by atoms with van der Waals surface area (Å²) in [5.41, 5.74) is 0.994. The highest BCUT2D eigenvalue weighted by Gasteiger charge is 2.28. The fourth-order valence-electron chi connectivity index (χ4n) is 2.44. The molecule has 0 radical (unpaired) electrons. The lowest BCUT2D eigenvalue weighted by molar-refractivity contribution is -0.129. The summed E-state index contributed by atoms with van der Waals surface area (Å²) in [6, 6.07) is 3.50. The molecule has 2 aromatic rings. The van der Waals surface area contributed by atoms with Crippen LogP contribution in [0.2, 0.25) is 0 Å². The van der Waals surface area contributed by atoms with Crippen LogP contribution in [0.3, 0.4) is 0 Å². The Balaban J connectivity index is 2.38. The van der Waals surface area contributed by atoms with E-state index in [0.29, 0.717) is 16.6 Å². The largest absolute Gasteiger partial charge is 0.345 e. The summed E-state index contributed by atoms with van der Waals surface area (Å²) >= 11 is 0. The van der Waals surface area contributed by atoms with Gasteiger partial charge >= 0.3 is 0 Å². The lowest BCUT2D eigenvalue weighted by Crippen LogP contribution is -2.45. The molecule has 1 N–H and O–H groups in total. The SMILES string of the molecule is CC(C)N(C(=O)C(=O)c1c[nH]c2ncccc12)C(C)C. The number of nitrogens with zero attached hydrogens (tertiary/aromatic N) is 2. The average molecular weight is 273 g/mol. The maximum atomic E-state index is 12.4. The molecule has 2 rings (SSSR count). The van der Waals surface area contributed by atoms with E-state index in [1.807, 2.05) is 27.7 Å². The lowest BCUT2D eigenvalue weighted by Gasteiger charge is -2.29. The second kappa shape index (κ2) is 5.45. The molecule has 5 heteroatoms. The molecule has 0 bridgehead atoms. The summed E-state index contributed by atoms with van der Waals surface area (Å²) in [5, 5.41) is 0.679. The topological polar surface area (TPSA) is 66.1 Å². The van der Waals surface area contributed by atoms with Gasteiger partial charge in [-0.15, -0.1) is 0 Å². The van der Waals surface area contributed by atoms with Crippen LogP contribution in [0.15, 0.2) is 24.5 Å². The number of carbonyl (C=O) groups is 2. The molecule has 0 aliphatic carbocycles. The molecule has 1 amide bonds. The van der Waals surface area contributed by atoms with E-state index in [1.54, 1.807) is 29.4 Å². The number of hydrogen-bond donors (Lipinski definition) is 1. The third-order valence-electron chi connectivity index (χ3n) is 3.24. The molecule has 2 aromatic heterocycles. The first-order chi connectivity index (χ1) is 9.43. The first-order valence-electron chi connectivity index (χ1n) is 6.72. The molecule has 0 spiro atoms. The van der Waals surface area contributed by atoms with E-state index in [2.05, 4.69) is 9.97 Å². The highest BCUT2D eigenvalue weighted by molar-refractivity contribution is 6.44. The monoisotopic (exact) mass is 273 g/mol. The molecular formula is C15H19N3O2. The fourth-order valence-corrected chi connectivity index (χ4v) is 2.44. The van der Waals surface area contributed by atoms with Crippen molar-refractivity contribution in [2.24, 2.45) is 0 Å². The van der Waals surface area contributed by atoms with Gasteiger partial charge in [-0.3, -0.25) is 9.59 Å². The molecule has 0 aliphatic heterocycles. The average Bonchev–Trinajstić information content (AvgIpc) is 2.80. The molecule has 5 nitrogen and oxygen atoms in total. The van der Waals surface area contributed by atoms with Crippen molar-refractivity contribution in [3.8, 4) is 0 Å². The van der Waals surface area contributed by atoms with Crippen LogP contribution in [0.4, 0.5) is 0 Å². The Labute approximate surface area is 118 Å². The standard InChI is InChI=1S/C15H19N3O2/c1-9(2)18(10(3)4)15(20)13(19)12-8-17-14-11(12)6-5-7-16-14/h5-10H,1-4H3,(H,16,17). The van der Waals surface area contributed by atoms with Gasteiger partial charge in [-0.2, -0.15) is 0 Å². The Morgan fingerprint density at radius 2 is 1.85 bits per heavy atom. The Morgan fingerprint density at radius 3 is 2.45 bits per heavy atom. The van der Waals surface area contributed by atoms with Gasteiger partial charge in [0.2, 0.25) is 0 Å². The van der Waals surface area contributed by atoms with E-state index < -0.39 is 11.7 Å². The van der Waals surface area contributed by atoms with Gasteiger partial charge in [0.1, 0.15) is 5.65 Å². The number of ketones is 1. The van der Waals surface area contributed by atoms with Crippen molar-refractivity contribution in [1.29, 1.82) is 0 Å². The molecule has 0 unspecified atom stereocenters. The number of hydrogen-bond acceptors (Lipinski definition) is 3. The van der Waals surface area contributed by atoms with Crippen LogP contribution >= 0.6 is 0 Å². The van der Waals surface area contributed by atoms with E-state index in [1.165, 1.54) is 0 Å². The van der Waals surface area contributed by atoms with Crippen molar-refractivity contribution in [2.75, 3.05) is 0 Å². The number of Topliss-reactive ketones (excluding diaryl/α,β-unsaturated/α-hetero) is 1. The summed E-state index contributed by atoms with van der Waals surface area (Å²) < 4.78 is 0. The number of aromatic nitrogens is 2. The summed E-state index contributed by atoms with van der Waals surface area (Å²) in [6.45, 7) is 7.62. The first kappa shape index (κ1) is 14.2. The molecule has 0 atom stereocenters. The van der Waals surface area contributed by atoms with Crippen molar-refractivity contribution >= 4 is 22.7 Å². The van der Waals surface area contributed by atoms with Gasteiger partial charge in [0, 0.05) is 29.9 Å². The summed E-state index contributed by atoms with van der Waals surface area (Å²) in [4.78, 5) is 33.5. The smallest absolute Gasteiger partial charge is 0.295 e. The molecule has 0 aliphatic rings. The zero-order chi connectivity index (χ0) is 14.9. The van der Waals surface area contributed by atoms with Gasteiger partial charge in [0.25, 0.3) is 11.7 Å². The van der Waals surface area contributed by atoms with Crippen molar-refractivity contribution in [2.45, 2.75) is 39.8 Å². The van der Waals surface area contributed by atoms with Gasteiger partial charge in [0.15, 0.2) is 0 Å². The number of nitrogens with one attached hydrogen (secondary N) is 1. The van der Waals surface area contributed by atoms with E-state index in [4.69, 9.17) is 0 Å². The Morgan fingerprint density at radius 1 is 1.20 bits per heavy atom. The van der Waals surface area contributed by atoms with Crippen molar-refractivity contribution in [3.05, 3.63) is 30.1 Å². The minimum atomic E-state index is -0.494. The van der Waals surface area contributed by atoms with E-state index in [0.717, 1.165) is 0 Å². The number of fused-ring (bicyclic) bond motifs is 1. The van der Waals surface area contributed by atoms with E-state index in [-0.39, 0.29) is 12.1 Å². The predicted molar refractivity (Wildman–Crippen MR) is 77.5 cm³/mol. The van der Waals surface area contributed by atoms with E-state index >= 15 is 0 Å². The third-order valence-corrected chi connectivity index (χ3v) is 3.24. The van der Waals surface area contributed by atoms with Crippen LogP contribution in [-0.2, 0) is 4.79 Å². The maximum absolute atomic E-state index is 12.4. The molecule has 0 aromatic carbocycles. The summed E-state index contributed by atoms with van der Waals surface area (Å²) in [5.74, 6) is -0.966. The number of H-pyrrole nitrogens is 1. The fraction of sp³-hybridized carbons (Fsp3) is 0.400. The van der Waals surface area contributed by atoms with Crippen LogP contribution in [0, 0.1) is 0 Å². The normalized spacial score (nSPS) is 11.3. The Kier molecular flexibility index (Phi) is 3.88. The van der Waals surface area contributed by atoms with Crippen molar-refractivity contribution in [1.82, 2.24) is 14.9 Å². The quantitative estimate of drug-likeness (QED) is 0.687. The molecular weight excluding hydrogens is 254 g/mol. The lowest BCUT2D eigenvalue weighted by atomic mass is 10.1. The number of amides is 1. The highest BCUT2D eigenvalue weighted by atomic mass is 16.2. The van der Waals surface area contributed by atoms with Crippen molar-refractivity contribution in [3.63, 3.8) is 0 Å². The van der Waals surface area contributed by atoms with Crippen molar-refractivity contribution < 1.29 is 9.59 Å². The van der Waals surface area contributed by atoms with Gasteiger partial charge in [-0.25, -0.2) is 4.98 Å². The van der Waals surface area contributed by atoms with Crippen LogP contribution < -0.4 is 0 Å². The van der Waals surface area contributed by atoms with Crippen LogP contribution in [0.5, 0.6) is 0 Å². The summed E-state index contributed by atoms with van der Waals surface area (Å²) in [6.07, 6.45) is 3.19. The molecule has 106 valence electrons.